The van der Waals surface area contributed by atoms with Crippen molar-refractivity contribution in [2.45, 2.75) is 19.4 Å². The molecule has 0 aliphatic carbocycles. The third-order valence-corrected chi connectivity index (χ3v) is 4.86. The number of hydrogen-bond acceptors (Lipinski definition) is 3. The number of urea groups is 1. The number of carboxylic acids is 1. The number of imidazole rings is 1. The van der Waals surface area contributed by atoms with Crippen LogP contribution in [0.3, 0.4) is 0 Å². The summed E-state index contributed by atoms with van der Waals surface area (Å²) in [6.45, 7) is 2.15. The van der Waals surface area contributed by atoms with Gasteiger partial charge in [0.1, 0.15) is 17.7 Å². The van der Waals surface area contributed by atoms with E-state index in [9.17, 15) is 19.1 Å². The van der Waals surface area contributed by atoms with Crippen LogP contribution in [0.2, 0.25) is 0 Å². The van der Waals surface area contributed by atoms with Gasteiger partial charge in [-0.3, -0.25) is 4.79 Å². The van der Waals surface area contributed by atoms with Crippen molar-refractivity contribution in [3.8, 4) is 0 Å². The summed E-state index contributed by atoms with van der Waals surface area (Å²) in [6, 6.07) is 4.91. The van der Waals surface area contributed by atoms with Gasteiger partial charge in [0.05, 0.1) is 5.41 Å². The first-order valence-corrected chi connectivity index (χ1v) is 8.32. The minimum atomic E-state index is -0.939. The Morgan fingerprint density at radius 3 is 2.58 bits per heavy atom. The van der Waals surface area contributed by atoms with Crippen LogP contribution in [0.15, 0.2) is 36.7 Å². The van der Waals surface area contributed by atoms with Crippen molar-refractivity contribution < 1.29 is 19.1 Å². The Balaban J connectivity index is 1.83. The summed E-state index contributed by atoms with van der Waals surface area (Å²) in [6.07, 6.45) is 3.78. The van der Waals surface area contributed by atoms with E-state index >= 15 is 0 Å². The molecule has 7 nitrogen and oxygen atoms in total. The summed E-state index contributed by atoms with van der Waals surface area (Å²) < 4.78 is 15.0. The molecule has 1 aliphatic heterocycles. The van der Waals surface area contributed by atoms with Gasteiger partial charge in [0.2, 0.25) is 0 Å². The molecule has 0 bridgehead atoms. The Kier molecular flexibility index (Phi) is 4.67. The number of carboxylic acid groups (broad SMARTS) is 1. The monoisotopic (exact) mass is 360 g/mol. The topological polar surface area (TPSA) is 87.5 Å². The Morgan fingerprint density at radius 1 is 1.35 bits per heavy atom. The van der Waals surface area contributed by atoms with Crippen LogP contribution < -0.4 is 5.32 Å². The molecule has 2 atom stereocenters. The lowest BCUT2D eigenvalue weighted by molar-refractivity contribution is -0.147. The number of rotatable bonds is 4. The largest absolute Gasteiger partial charge is 0.481 e. The number of likely N-dealkylation sites (tertiary alicyclic amines) is 1. The Labute approximate surface area is 150 Å². The quantitative estimate of drug-likeness (QED) is 0.875. The highest BCUT2D eigenvalue weighted by Crippen LogP contribution is 2.30. The molecule has 1 fully saturated rings. The zero-order valence-corrected chi connectivity index (χ0v) is 14.6. The van der Waals surface area contributed by atoms with Crippen LogP contribution in [-0.2, 0) is 11.8 Å². The smallest absolute Gasteiger partial charge is 0.318 e. The molecule has 1 aromatic carbocycles. The lowest BCUT2D eigenvalue weighted by atomic mass is 9.90. The number of amides is 2. The fraction of sp³-hybridized carbons (Fsp3) is 0.389. The molecule has 2 aromatic rings. The molecule has 1 aromatic heterocycles. The number of nitrogens with zero attached hydrogens (tertiary/aromatic N) is 3. The molecule has 2 amide bonds. The van der Waals surface area contributed by atoms with Crippen molar-refractivity contribution in [1.82, 2.24) is 19.8 Å². The number of aryl methyl sites for hydroxylation is 1. The number of aromatic nitrogens is 2. The third kappa shape index (κ3) is 3.40. The van der Waals surface area contributed by atoms with Crippen LogP contribution in [0.5, 0.6) is 0 Å². The van der Waals surface area contributed by atoms with Crippen LogP contribution >= 0.6 is 0 Å². The average molecular weight is 360 g/mol. The van der Waals surface area contributed by atoms with Gasteiger partial charge in [-0.2, -0.15) is 0 Å². The van der Waals surface area contributed by atoms with Gasteiger partial charge in [-0.1, -0.05) is 12.1 Å². The molecule has 8 heteroatoms. The summed E-state index contributed by atoms with van der Waals surface area (Å²) in [5.41, 5.74) is -0.249. The number of halogens is 1. The first-order valence-electron chi connectivity index (χ1n) is 8.32. The van der Waals surface area contributed by atoms with Crippen molar-refractivity contribution in [2.24, 2.45) is 12.5 Å². The van der Waals surface area contributed by atoms with Crippen molar-refractivity contribution in [1.29, 1.82) is 0 Å². The number of benzene rings is 1. The van der Waals surface area contributed by atoms with Gasteiger partial charge in [-0.25, -0.2) is 14.2 Å². The molecular formula is C18H21FN4O3. The van der Waals surface area contributed by atoms with Crippen molar-refractivity contribution in [3.05, 3.63) is 53.9 Å². The maximum Gasteiger partial charge on any atom is 0.318 e. The van der Waals surface area contributed by atoms with E-state index < -0.39 is 17.4 Å². The molecule has 26 heavy (non-hydrogen) atoms. The fourth-order valence-electron chi connectivity index (χ4n) is 3.13. The highest BCUT2D eigenvalue weighted by atomic mass is 19.1. The van der Waals surface area contributed by atoms with Gasteiger partial charge in [0.15, 0.2) is 0 Å². The zero-order chi connectivity index (χ0) is 18.9. The maximum atomic E-state index is 13.3. The molecule has 2 N–H and O–H groups in total. The summed E-state index contributed by atoms with van der Waals surface area (Å²) >= 11 is 0. The molecule has 1 saturated heterocycles. The second-order valence-electron chi connectivity index (χ2n) is 6.87. The predicted molar refractivity (Wildman–Crippen MR) is 91.9 cm³/mol. The Bertz CT molecular complexity index is 820. The number of hydrogen-bond donors (Lipinski definition) is 2. The van der Waals surface area contributed by atoms with Crippen molar-refractivity contribution in [2.75, 3.05) is 13.1 Å². The Hall–Kier alpha value is -2.90. The average Bonchev–Trinajstić information content (AvgIpc) is 3.20. The van der Waals surface area contributed by atoms with E-state index in [0.717, 1.165) is 0 Å². The van der Waals surface area contributed by atoms with E-state index in [1.165, 1.54) is 17.0 Å². The fourth-order valence-corrected chi connectivity index (χ4v) is 3.13. The number of carbonyl (C=O) groups is 2. The van der Waals surface area contributed by atoms with E-state index in [0.29, 0.717) is 24.4 Å². The predicted octanol–water partition coefficient (Wildman–Crippen LogP) is 2.15. The summed E-state index contributed by atoms with van der Waals surface area (Å²) in [5, 5.41) is 12.2. The number of carbonyl (C=O) groups excluding carboxylic acids is 1. The first kappa shape index (κ1) is 17.9. The van der Waals surface area contributed by atoms with Crippen LogP contribution in [0, 0.1) is 11.2 Å². The van der Waals surface area contributed by atoms with E-state index in [1.807, 2.05) is 7.05 Å². The van der Waals surface area contributed by atoms with Crippen LogP contribution in [-0.4, -0.2) is 44.6 Å². The summed E-state index contributed by atoms with van der Waals surface area (Å²) in [5.74, 6) is -0.674. The highest BCUT2D eigenvalue weighted by Gasteiger charge is 2.42. The molecule has 0 radical (unpaired) electrons. The minimum absolute atomic E-state index is 0.144. The lowest BCUT2D eigenvalue weighted by Gasteiger charge is -2.24. The molecule has 0 spiro atoms. The van der Waals surface area contributed by atoms with Gasteiger partial charge in [-0.05, 0) is 31.0 Å². The first-order chi connectivity index (χ1) is 12.3. The maximum absolute atomic E-state index is 13.3. The number of aliphatic carboxylic acids is 1. The zero-order valence-electron chi connectivity index (χ0n) is 14.6. The highest BCUT2D eigenvalue weighted by molar-refractivity contribution is 5.79. The van der Waals surface area contributed by atoms with Crippen molar-refractivity contribution in [3.63, 3.8) is 0 Å². The molecular weight excluding hydrogens is 339 g/mol. The minimum Gasteiger partial charge on any atom is -0.481 e. The van der Waals surface area contributed by atoms with Crippen LogP contribution in [0.1, 0.15) is 30.8 Å². The molecule has 0 saturated carbocycles. The van der Waals surface area contributed by atoms with Gasteiger partial charge < -0.3 is 19.9 Å². The molecule has 3 rings (SSSR count). The van der Waals surface area contributed by atoms with Gasteiger partial charge in [0, 0.05) is 32.5 Å². The third-order valence-electron chi connectivity index (χ3n) is 4.86. The SMILES string of the molecule is Cn1ccnc1C(NC(=O)N1CCC(C)(C(=O)O)C1)c1ccc(F)cc1. The van der Waals surface area contributed by atoms with Gasteiger partial charge >= 0.3 is 12.0 Å². The molecule has 2 unspecified atom stereocenters. The van der Waals surface area contributed by atoms with Crippen LogP contribution in [0.25, 0.3) is 0 Å². The van der Waals surface area contributed by atoms with Gasteiger partial charge in [0.25, 0.3) is 0 Å². The van der Waals surface area contributed by atoms with E-state index in [1.54, 1.807) is 36.0 Å². The standard InChI is InChI=1S/C18H21FN4O3/c1-18(16(24)25)7-9-23(11-18)17(26)21-14(15-20-8-10-22(15)2)12-3-5-13(19)6-4-12/h3-6,8,10,14H,7,9,11H2,1-2H3,(H,21,26)(H,24,25). The van der Waals surface area contributed by atoms with E-state index in [-0.39, 0.29) is 18.4 Å². The summed E-state index contributed by atoms with van der Waals surface area (Å²) in [4.78, 5) is 29.9. The molecule has 138 valence electrons. The number of nitrogens with one attached hydrogen (secondary N) is 1. The van der Waals surface area contributed by atoms with E-state index in [4.69, 9.17) is 0 Å². The van der Waals surface area contributed by atoms with Crippen LogP contribution in [0.4, 0.5) is 9.18 Å². The lowest BCUT2D eigenvalue weighted by Crippen LogP contribution is -2.43. The normalized spacial score (nSPS) is 20.8. The Morgan fingerprint density at radius 2 is 2.04 bits per heavy atom. The van der Waals surface area contributed by atoms with E-state index in [2.05, 4.69) is 10.3 Å². The second-order valence-corrected chi connectivity index (χ2v) is 6.87. The van der Waals surface area contributed by atoms with Gasteiger partial charge in [-0.15, -0.1) is 0 Å². The summed E-state index contributed by atoms with van der Waals surface area (Å²) in [7, 11) is 1.81. The second kappa shape index (κ2) is 6.78. The molecule has 1 aliphatic rings. The molecule has 2 heterocycles. The van der Waals surface area contributed by atoms with Crippen molar-refractivity contribution >= 4 is 12.0 Å².